The zero-order valence-corrected chi connectivity index (χ0v) is 9.56. The molecule has 3 aliphatic rings. The lowest BCUT2D eigenvalue weighted by atomic mass is 9.86. The number of nitrogens with one attached hydrogen (secondary N) is 1. The third kappa shape index (κ3) is 1.24. The number of aromatic nitrogens is 3. The van der Waals surface area contributed by atoms with E-state index in [0.717, 1.165) is 24.5 Å². The maximum Gasteiger partial charge on any atom is 0.134 e. The highest BCUT2D eigenvalue weighted by molar-refractivity contribution is 5.77. The topological polar surface area (TPSA) is 44.8 Å². The van der Waals surface area contributed by atoms with Crippen LogP contribution >= 0.6 is 0 Å². The van der Waals surface area contributed by atoms with Crippen molar-refractivity contribution in [3.8, 4) is 11.4 Å². The van der Waals surface area contributed by atoms with E-state index in [1.165, 1.54) is 24.2 Å². The Hall–Kier alpha value is -1.84. The van der Waals surface area contributed by atoms with Crippen molar-refractivity contribution in [2.45, 2.75) is 18.8 Å². The van der Waals surface area contributed by atoms with Crippen molar-refractivity contribution in [3.05, 3.63) is 30.1 Å². The van der Waals surface area contributed by atoms with Gasteiger partial charge in [0.25, 0.3) is 0 Å². The lowest BCUT2D eigenvalue weighted by Gasteiger charge is -2.39. The number of hydrogen-bond donors (Lipinski definition) is 1. The van der Waals surface area contributed by atoms with Crippen LogP contribution in [0.1, 0.15) is 24.5 Å². The fourth-order valence-electron chi connectivity index (χ4n) is 3.03. The lowest BCUT2D eigenvalue weighted by molar-refractivity contribution is 0.466. The monoisotopic (exact) mass is 226 g/mol. The predicted molar refractivity (Wildman–Crippen MR) is 66.0 cm³/mol. The van der Waals surface area contributed by atoms with Gasteiger partial charge in [0.2, 0.25) is 0 Å². The molecule has 1 N–H and O–H groups in total. The second-order valence-electron chi connectivity index (χ2n) is 4.81. The van der Waals surface area contributed by atoms with E-state index in [-0.39, 0.29) is 0 Å². The Morgan fingerprint density at radius 2 is 2.12 bits per heavy atom. The van der Waals surface area contributed by atoms with E-state index in [1.807, 2.05) is 24.4 Å². The van der Waals surface area contributed by atoms with E-state index in [4.69, 9.17) is 0 Å². The molecule has 0 spiro atoms. The Morgan fingerprint density at radius 3 is 2.88 bits per heavy atom. The number of hydrogen-bond acceptors (Lipinski definition) is 3. The zero-order chi connectivity index (χ0) is 11.2. The van der Waals surface area contributed by atoms with Gasteiger partial charge in [0, 0.05) is 25.2 Å². The second kappa shape index (κ2) is 3.32. The maximum absolute atomic E-state index is 4.48. The first-order valence-electron chi connectivity index (χ1n) is 6.18. The Morgan fingerprint density at radius 1 is 1.24 bits per heavy atom. The van der Waals surface area contributed by atoms with Crippen LogP contribution in [0.2, 0.25) is 0 Å². The van der Waals surface area contributed by atoms with Gasteiger partial charge < -0.3 is 4.90 Å². The van der Waals surface area contributed by atoms with Crippen LogP contribution in [0.3, 0.4) is 0 Å². The van der Waals surface area contributed by atoms with Crippen molar-refractivity contribution in [2.24, 2.45) is 0 Å². The standard InChI is InChI=1S/C13H14N4/c1-2-6-14-10(3-1)12-13-11(15-16-12)9-4-7-17(13)8-5-9/h1-3,6,9H,4-5,7-8H2,(H,15,16). The first-order chi connectivity index (χ1) is 8.43. The van der Waals surface area contributed by atoms with E-state index in [2.05, 4.69) is 20.1 Å². The molecule has 86 valence electrons. The number of nitrogens with zero attached hydrogens (tertiary/aromatic N) is 3. The number of rotatable bonds is 1. The molecule has 2 aromatic rings. The summed E-state index contributed by atoms with van der Waals surface area (Å²) >= 11 is 0. The van der Waals surface area contributed by atoms with Gasteiger partial charge >= 0.3 is 0 Å². The van der Waals surface area contributed by atoms with Gasteiger partial charge in [-0.1, -0.05) is 6.07 Å². The van der Waals surface area contributed by atoms with E-state index < -0.39 is 0 Å². The predicted octanol–water partition coefficient (Wildman–Crippen LogP) is 2.17. The molecule has 17 heavy (non-hydrogen) atoms. The molecule has 0 radical (unpaired) electrons. The van der Waals surface area contributed by atoms with Gasteiger partial charge in [0.15, 0.2) is 0 Å². The van der Waals surface area contributed by atoms with Crippen molar-refractivity contribution in [1.82, 2.24) is 15.2 Å². The van der Waals surface area contributed by atoms with Gasteiger partial charge in [0.1, 0.15) is 5.69 Å². The maximum atomic E-state index is 4.48. The molecule has 2 bridgehead atoms. The zero-order valence-electron chi connectivity index (χ0n) is 9.56. The number of piperidine rings is 1. The van der Waals surface area contributed by atoms with E-state index in [9.17, 15) is 0 Å². The van der Waals surface area contributed by atoms with Gasteiger partial charge in [-0.25, -0.2) is 0 Å². The molecule has 3 aliphatic heterocycles. The van der Waals surface area contributed by atoms with Gasteiger partial charge in [-0.15, -0.1) is 0 Å². The highest BCUT2D eigenvalue weighted by atomic mass is 15.2. The Labute approximate surface area is 99.7 Å². The van der Waals surface area contributed by atoms with Gasteiger partial charge in [-0.3, -0.25) is 10.1 Å². The van der Waals surface area contributed by atoms with Crippen LogP contribution in [-0.2, 0) is 0 Å². The molecular weight excluding hydrogens is 212 g/mol. The number of H-pyrrole nitrogens is 1. The van der Waals surface area contributed by atoms with Crippen molar-refractivity contribution >= 4 is 5.69 Å². The summed E-state index contributed by atoms with van der Waals surface area (Å²) in [6.45, 7) is 2.33. The van der Waals surface area contributed by atoms with Crippen LogP contribution in [0.25, 0.3) is 11.4 Å². The third-order valence-corrected chi connectivity index (χ3v) is 3.89. The smallest absolute Gasteiger partial charge is 0.134 e. The minimum absolute atomic E-state index is 0.681. The number of pyridine rings is 1. The molecule has 0 aromatic carbocycles. The normalized spacial score (nSPS) is 18.5. The van der Waals surface area contributed by atoms with Crippen molar-refractivity contribution in [2.75, 3.05) is 18.0 Å². The number of aromatic amines is 1. The molecule has 2 aromatic heterocycles. The molecule has 1 saturated heterocycles. The van der Waals surface area contributed by atoms with Crippen LogP contribution in [0.15, 0.2) is 24.4 Å². The summed E-state index contributed by atoms with van der Waals surface area (Å²) in [6.07, 6.45) is 4.35. The number of anilines is 1. The molecule has 5 rings (SSSR count). The van der Waals surface area contributed by atoms with Crippen LogP contribution in [0, 0.1) is 0 Å². The van der Waals surface area contributed by atoms with E-state index in [1.54, 1.807) is 0 Å². The molecular formula is C13H14N4. The Balaban J connectivity index is 1.90. The minimum atomic E-state index is 0.681. The second-order valence-corrected chi connectivity index (χ2v) is 4.81. The molecule has 0 saturated carbocycles. The van der Waals surface area contributed by atoms with Gasteiger partial charge in [-0.2, -0.15) is 5.10 Å². The summed E-state index contributed by atoms with van der Waals surface area (Å²) in [5, 5.41) is 7.70. The Kier molecular flexibility index (Phi) is 1.80. The SMILES string of the molecule is c1ccc(-c2n[nH]c3c2N2CCC3CC2)nc1. The summed E-state index contributed by atoms with van der Waals surface area (Å²) < 4.78 is 0. The molecule has 0 atom stereocenters. The Bertz CT molecular complexity index is 538. The molecule has 1 fully saturated rings. The summed E-state index contributed by atoms with van der Waals surface area (Å²) in [5.74, 6) is 0.681. The summed E-state index contributed by atoms with van der Waals surface area (Å²) in [7, 11) is 0. The average Bonchev–Trinajstić information content (AvgIpc) is 2.88. The van der Waals surface area contributed by atoms with Gasteiger partial charge in [-0.05, 0) is 25.0 Å². The van der Waals surface area contributed by atoms with E-state index in [0.29, 0.717) is 5.92 Å². The molecule has 0 aliphatic carbocycles. The quantitative estimate of drug-likeness (QED) is 0.810. The van der Waals surface area contributed by atoms with Crippen LogP contribution < -0.4 is 4.90 Å². The summed E-state index contributed by atoms with van der Waals surface area (Å²) in [5.41, 5.74) is 4.61. The van der Waals surface area contributed by atoms with Crippen LogP contribution in [-0.4, -0.2) is 28.3 Å². The third-order valence-electron chi connectivity index (χ3n) is 3.89. The average molecular weight is 226 g/mol. The molecule has 0 unspecified atom stereocenters. The fourth-order valence-corrected chi connectivity index (χ4v) is 3.03. The summed E-state index contributed by atoms with van der Waals surface area (Å²) in [4.78, 5) is 6.85. The number of fused-ring (bicyclic) bond motifs is 2. The van der Waals surface area contributed by atoms with Crippen molar-refractivity contribution < 1.29 is 0 Å². The summed E-state index contributed by atoms with van der Waals surface area (Å²) in [6, 6.07) is 5.98. The molecule has 5 heterocycles. The van der Waals surface area contributed by atoms with Crippen LogP contribution in [0.5, 0.6) is 0 Å². The largest absolute Gasteiger partial charge is 0.368 e. The minimum Gasteiger partial charge on any atom is -0.368 e. The van der Waals surface area contributed by atoms with E-state index >= 15 is 0 Å². The molecule has 0 amide bonds. The van der Waals surface area contributed by atoms with Crippen molar-refractivity contribution in [3.63, 3.8) is 0 Å². The highest BCUT2D eigenvalue weighted by Gasteiger charge is 2.35. The van der Waals surface area contributed by atoms with Crippen LogP contribution in [0.4, 0.5) is 5.69 Å². The molecule has 4 nitrogen and oxygen atoms in total. The first-order valence-corrected chi connectivity index (χ1v) is 6.18. The molecule has 4 heteroatoms. The highest BCUT2D eigenvalue weighted by Crippen LogP contribution is 2.45. The van der Waals surface area contributed by atoms with Gasteiger partial charge in [0.05, 0.1) is 17.1 Å². The lowest BCUT2D eigenvalue weighted by Crippen LogP contribution is -2.38. The fraction of sp³-hybridized carbons (Fsp3) is 0.385. The first kappa shape index (κ1) is 9.22. The van der Waals surface area contributed by atoms with Crippen molar-refractivity contribution in [1.29, 1.82) is 0 Å².